The Hall–Kier alpha value is -0.920. The lowest BCUT2D eigenvalue weighted by atomic mass is 10.2. The van der Waals surface area contributed by atoms with E-state index >= 15 is 0 Å². The Morgan fingerprint density at radius 2 is 1.86 bits per heavy atom. The van der Waals surface area contributed by atoms with E-state index in [-0.39, 0.29) is 13.2 Å². The highest BCUT2D eigenvalue weighted by molar-refractivity contribution is 7.91. The second-order valence-electron chi connectivity index (χ2n) is 4.58. The quantitative estimate of drug-likeness (QED) is 0.875. The van der Waals surface area contributed by atoms with Crippen LogP contribution in [-0.4, -0.2) is 31.5 Å². The highest BCUT2D eigenvalue weighted by Gasteiger charge is 2.22. The number of halogens is 1. The zero-order chi connectivity index (χ0) is 15.5. The molecule has 2 rings (SSSR count). The fraction of sp³-hybridized carbons (Fsp3) is 0.286. The molecule has 0 aliphatic carbocycles. The topological polar surface area (TPSA) is 57.6 Å². The predicted octanol–water partition coefficient (Wildman–Crippen LogP) is 2.76. The molecule has 0 bridgehead atoms. The van der Waals surface area contributed by atoms with Crippen molar-refractivity contribution >= 4 is 33.0 Å². The lowest BCUT2D eigenvalue weighted by Gasteiger charge is -2.16. The average Bonchev–Trinajstić information content (AvgIpc) is 2.91. The molecule has 0 fully saturated rings. The molecule has 7 heteroatoms. The van der Waals surface area contributed by atoms with Crippen molar-refractivity contribution in [1.29, 1.82) is 0 Å². The van der Waals surface area contributed by atoms with Crippen molar-refractivity contribution in [3.8, 4) is 0 Å². The van der Waals surface area contributed by atoms with Gasteiger partial charge in [-0.3, -0.25) is 0 Å². The minimum Gasteiger partial charge on any atom is -0.396 e. The summed E-state index contributed by atoms with van der Waals surface area (Å²) in [5.74, 6) is 0. The van der Waals surface area contributed by atoms with Gasteiger partial charge in [0, 0.05) is 36.5 Å². The first kappa shape index (κ1) is 16.5. The third kappa shape index (κ3) is 4.05. The lowest BCUT2D eigenvalue weighted by molar-refractivity contribution is 0.300. The number of sulfonamides is 1. The van der Waals surface area contributed by atoms with E-state index in [4.69, 9.17) is 16.7 Å². The largest absolute Gasteiger partial charge is 0.396 e. The maximum absolute atomic E-state index is 12.5. The maximum Gasteiger partial charge on any atom is 0.252 e. The molecule has 0 unspecified atom stereocenters. The van der Waals surface area contributed by atoms with E-state index < -0.39 is 10.0 Å². The molecule has 1 aromatic carbocycles. The highest BCUT2D eigenvalue weighted by Crippen LogP contribution is 2.25. The molecule has 0 spiro atoms. The first-order valence-electron chi connectivity index (χ1n) is 6.34. The third-order valence-corrected chi connectivity index (χ3v) is 6.65. The summed E-state index contributed by atoms with van der Waals surface area (Å²) < 4.78 is 26.5. The first-order chi connectivity index (χ1) is 9.93. The number of aliphatic hydroxyl groups excluding tert-OH is 1. The van der Waals surface area contributed by atoms with Crippen LogP contribution in [0.15, 0.2) is 40.6 Å². The van der Waals surface area contributed by atoms with Crippen molar-refractivity contribution in [2.75, 3.05) is 13.7 Å². The molecule has 2 aromatic rings. The summed E-state index contributed by atoms with van der Waals surface area (Å²) in [7, 11) is -1.96. The Bertz CT molecular complexity index is 695. The van der Waals surface area contributed by atoms with Crippen molar-refractivity contribution < 1.29 is 13.5 Å². The number of rotatable bonds is 6. The van der Waals surface area contributed by atoms with E-state index in [9.17, 15) is 8.42 Å². The van der Waals surface area contributed by atoms with Gasteiger partial charge in [0.25, 0.3) is 10.0 Å². The Kier molecular flexibility index (Phi) is 5.40. The number of hydrogen-bond donors (Lipinski definition) is 1. The molecule has 0 aliphatic rings. The summed E-state index contributed by atoms with van der Waals surface area (Å²) in [6.45, 7) is 0.299. The second-order valence-corrected chi connectivity index (χ2v) is 8.46. The summed E-state index contributed by atoms with van der Waals surface area (Å²) in [6, 6.07) is 10.4. The molecule has 114 valence electrons. The van der Waals surface area contributed by atoms with Gasteiger partial charge in [-0.05, 0) is 29.8 Å². The van der Waals surface area contributed by atoms with E-state index in [2.05, 4.69) is 0 Å². The molecule has 1 aromatic heterocycles. The van der Waals surface area contributed by atoms with E-state index in [0.717, 1.165) is 10.4 Å². The van der Waals surface area contributed by atoms with E-state index in [1.54, 1.807) is 43.4 Å². The summed E-state index contributed by atoms with van der Waals surface area (Å²) in [4.78, 5) is 0.857. The van der Waals surface area contributed by atoms with Gasteiger partial charge in [0.1, 0.15) is 4.21 Å². The van der Waals surface area contributed by atoms with Gasteiger partial charge >= 0.3 is 0 Å². The fourth-order valence-corrected chi connectivity index (χ4v) is 4.67. The van der Waals surface area contributed by atoms with Gasteiger partial charge < -0.3 is 5.11 Å². The lowest BCUT2D eigenvalue weighted by Crippen LogP contribution is -2.25. The summed E-state index contributed by atoms with van der Waals surface area (Å²) >= 11 is 7.01. The molecule has 0 saturated carbocycles. The average molecular weight is 346 g/mol. The van der Waals surface area contributed by atoms with Crippen LogP contribution in [0.25, 0.3) is 0 Å². The number of hydrogen-bond acceptors (Lipinski definition) is 4. The molecule has 1 heterocycles. The van der Waals surface area contributed by atoms with E-state index in [0.29, 0.717) is 15.7 Å². The Morgan fingerprint density at radius 1 is 1.19 bits per heavy atom. The van der Waals surface area contributed by atoms with Crippen LogP contribution < -0.4 is 0 Å². The molecule has 0 radical (unpaired) electrons. The van der Waals surface area contributed by atoms with Gasteiger partial charge in [-0.2, -0.15) is 4.31 Å². The molecule has 1 N–H and O–H groups in total. The minimum absolute atomic E-state index is 0.0145. The van der Waals surface area contributed by atoms with Crippen LogP contribution in [0.2, 0.25) is 5.02 Å². The van der Waals surface area contributed by atoms with Crippen molar-refractivity contribution in [3.05, 3.63) is 51.9 Å². The van der Waals surface area contributed by atoms with Crippen LogP contribution in [0.4, 0.5) is 0 Å². The zero-order valence-electron chi connectivity index (χ0n) is 11.5. The van der Waals surface area contributed by atoms with Gasteiger partial charge in [-0.25, -0.2) is 8.42 Å². The van der Waals surface area contributed by atoms with Crippen LogP contribution in [0.3, 0.4) is 0 Å². The van der Waals surface area contributed by atoms with Crippen LogP contribution in [0.1, 0.15) is 10.4 Å². The Balaban J connectivity index is 2.15. The normalized spacial score (nSPS) is 12.0. The van der Waals surface area contributed by atoms with Crippen LogP contribution >= 0.6 is 22.9 Å². The minimum atomic E-state index is -3.51. The van der Waals surface area contributed by atoms with Gasteiger partial charge in [0.15, 0.2) is 0 Å². The SMILES string of the molecule is CN(Cc1ccc(Cl)cc1)S(=O)(=O)c1ccc(CCO)s1. The van der Waals surface area contributed by atoms with Crippen molar-refractivity contribution in [3.63, 3.8) is 0 Å². The molecule has 0 amide bonds. The molecular formula is C14H16ClNO3S2. The first-order valence-corrected chi connectivity index (χ1v) is 8.97. The Morgan fingerprint density at radius 3 is 2.48 bits per heavy atom. The number of aliphatic hydroxyl groups is 1. The molecule has 0 atom stereocenters. The van der Waals surface area contributed by atoms with Gasteiger partial charge in [0.2, 0.25) is 0 Å². The van der Waals surface area contributed by atoms with Gasteiger partial charge in [-0.15, -0.1) is 11.3 Å². The number of thiophene rings is 1. The smallest absolute Gasteiger partial charge is 0.252 e. The van der Waals surface area contributed by atoms with Crippen molar-refractivity contribution in [2.45, 2.75) is 17.2 Å². The predicted molar refractivity (Wildman–Crippen MR) is 85.2 cm³/mol. The molecule has 4 nitrogen and oxygen atoms in total. The molecule has 0 saturated heterocycles. The maximum atomic E-state index is 12.5. The zero-order valence-corrected chi connectivity index (χ0v) is 13.9. The van der Waals surface area contributed by atoms with Crippen LogP contribution in [0.5, 0.6) is 0 Å². The second kappa shape index (κ2) is 6.89. The van der Waals surface area contributed by atoms with Crippen LogP contribution in [-0.2, 0) is 23.0 Å². The van der Waals surface area contributed by atoms with Crippen molar-refractivity contribution in [1.82, 2.24) is 4.31 Å². The third-order valence-electron chi connectivity index (χ3n) is 2.98. The van der Waals surface area contributed by atoms with Crippen molar-refractivity contribution in [2.24, 2.45) is 0 Å². The Labute approximate surface area is 133 Å². The van der Waals surface area contributed by atoms with E-state index in [1.165, 1.54) is 15.6 Å². The molecular weight excluding hydrogens is 330 g/mol. The standard InChI is InChI=1S/C14H16ClNO3S2/c1-16(10-11-2-4-12(15)5-3-11)21(18,19)14-7-6-13(20-14)8-9-17/h2-7,17H,8-10H2,1H3. The highest BCUT2D eigenvalue weighted by atomic mass is 35.5. The van der Waals surface area contributed by atoms with Crippen LogP contribution in [0, 0.1) is 0 Å². The van der Waals surface area contributed by atoms with Gasteiger partial charge in [-0.1, -0.05) is 23.7 Å². The fourth-order valence-electron chi connectivity index (χ4n) is 1.83. The van der Waals surface area contributed by atoms with E-state index in [1.807, 2.05) is 0 Å². The summed E-state index contributed by atoms with van der Waals surface area (Å²) in [5.41, 5.74) is 0.873. The molecule has 0 aliphatic heterocycles. The summed E-state index contributed by atoms with van der Waals surface area (Å²) in [6.07, 6.45) is 0.473. The van der Waals surface area contributed by atoms with Gasteiger partial charge in [0.05, 0.1) is 0 Å². The monoisotopic (exact) mass is 345 g/mol. The molecule has 21 heavy (non-hydrogen) atoms. The number of benzene rings is 1. The number of nitrogens with zero attached hydrogens (tertiary/aromatic N) is 1. The summed E-state index contributed by atoms with van der Waals surface area (Å²) in [5, 5.41) is 9.52.